The number of hydrogen-bond donors (Lipinski definition) is 0. The molecule has 2 saturated heterocycles. The van der Waals surface area contributed by atoms with Gasteiger partial charge in [0, 0.05) is 32.7 Å². The summed E-state index contributed by atoms with van der Waals surface area (Å²) in [6.45, 7) is 4.86. The molecular weight excluding hydrogens is 334 g/mol. The molecule has 3 aliphatic rings. The third-order valence-corrected chi connectivity index (χ3v) is 6.12. The van der Waals surface area contributed by atoms with Crippen LogP contribution in [0.15, 0.2) is 12.7 Å². The molecule has 26 heavy (non-hydrogen) atoms. The number of hydrogen-bond acceptors (Lipinski definition) is 6. The molecule has 2 aliphatic heterocycles. The Morgan fingerprint density at radius 2 is 1.92 bits per heavy atom. The minimum Gasteiger partial charge on any atom is -0.458 e. The topological polar surface area (TPSA) is 80.6 Å². The van der Waals surface area contributed by atoms with Gasteiger partial charge in [0.25, 0.3) is 0 Å². The summed E-state index contributed by atoms with van der Waals surface area (Å²) in [6.07, 6.45) is 8.47. The second kappa shape index (κ2) is 7.34. The molecule has 1 aliphatic carbocycles. The number of esters is 1. The fourth-order valence-electron chi connectivity index (χ4n) is 4.61. The van der Waals surface area contributed by atoms with Crippen LogP contribution in [0.5, 0.6) is 0 Å². The van der Waals surface area contributed by atoms with Crippen LogP contribution in [0.2, 0.25) is 0 Å². The van der Waals surface area contributed by atoms with E-state index in [4.69, 9.17) is 4.74 Å². The Bertz CT molecular complexity index is 633. The Hall–Kier alpha value is -1.96. The molecule has 0 unspecified atom stereocenters. The van der Waals surface area contributed by atoms with Crippen LogP contribution in [0.1, 0.15) is 38.5 Å². The highest BCUT2D eigenvalue weighted by atomic mass is 16.6. The molecule has 4 rings (SSSR count). The third-order valence-electron chi connectivity index (χ3n) is 6.12. The molecule has 1 atom stereocenters. The number of carbonyl (C=O) groups is 2. The molecule has 0 bridgehead atoms. The van der Waals surface area contributed by atoms with E-state index < -0.39 is 5.60 Å². The highest BCUT2D eigenvalue weighted by molar-refractivity contribution is 5.88. The Morgan fingerprint density at radius 3 is 2.62 bits per heavy atom. The zero-order valence-corrected chi connectivity index (χ0v) is 15.2. The first kappa shape index (κ1) is 17.5. The van der Waals surface area contributed by atoms with E-state index in [1.807, 2.05) is 9.58 Å². The van der Waals surface area contributed by atoms with Crippen LogP contribution in [-0.2, 0) is 20.9 Å². The van der Waals surface area contributed by atoms with Gasteiger partial charge < -0.3 is 9.64 Å². The van der Waals surface area contributed by atoms with E-state index in [0.29, 0.717) is 0 Å². The zero-order valence-electron chi connectivity index (χ0n) is 15.2. The number of carbonyl (C=O) groups excluding carboxylic acids is 2. The zero-order chi connectivity index (χ0) is 18.0. The number of amides is 1. The molecule has 3 heterocycles. The van der Waals surface area contributed by atoms with Crippen LogP contribution >= 0.6 is 0 Å². The Morgan fingerprint density at radius 1 is 1.15 bits per heavy atom. The lowest BCUT2D eigenvalue weighted by Crippen LogP contribution is -2.54. The predicted molar refractivity (Wildman–Crippen MR) is 93.1 cm³/mol. The lowest BCUT2D eigenvalue weighted by Gasteiger charge is -2.40. The van der Waals surface area contributed by atoms with Gasteiger partial charge in [0.05, 0.1) is 18.9 Å². The van der Waals surface area contributed by atoms with E-state index >= 15 is 0 Å². The van der Waals surface area contributed by atoms with Crippen LogP contribution in [0.4, 0.5) is 0 Å². The molecular formula is C18H27N5O3. The van der Waals surface area contributed by atoms with Gasteiger partial charge in [-0.05, 0) is 25.7 Å². The lowest BCUT2D eigenvalue weighted by atomic mass is 9.75. The van der Waals surface area contributed by atoms with Crippen LogP contribution in [-0.4, -0.2) is 74.8 Å². The van der Waals surface area contributed by atoms with Crippen molar-refractivity contribution in [1.29, 1.82) is 0 Å². The van der Waals surface area contributed by atoms with Crippen molar-refractivity contribution in [3.8, 4) is 0 Å². The first-order chi connectivity index (χ1) is 12.7. The first-order valence-electron chi connectivity index (χ1n) is 9.72. The van der Waals surface area contributed by atoms with Crippen LogP contribution in [0.3, 0.4) is 0 Å². The Labute approximate surface area is 153 Å². The van der Waals surface area contributed by atoms with E-state index in [1.165, 1.54) is 6.42 Å². The molecule has 0 radical (unpaired) electrons. The smallest absolute Gasteiger partial charge is 0.307 e. The van der Waals surface area contributed by atoms with Crippen molar-refractivity contribution < 1.29 is 14.3 Å². The van der Waals surface area contributed by atoms with Crippen LogP contribution in [0, 0.1) is 5.92 Å². The van der Waals surface area contributed by atoms with Gasteiger partial charge in [-0.3, -0.25) is 19.2 Å². The summed E-state index contributed by atoms with van der Waals surface area (Å²) in [5.74, 6) is -0.359. The maximum Gasteiger partial charge on any atom is 0.307 e. The average molecular weight is 361 g/mol. The van der Waals surface area contributed by atoms with Crippen molar-refractivity contribution >= 4 is 11.9 Å². The SMILES string of the molecule is O=C1C[C@@H](C(=O)N2CCN(CCn3cncn3)CC2)C2(CCCCC2)O1. The normalized spacial score (nSPS) is 26.2. The molecule has 8 heteroatoms. The Balaban J connectivity index is 1.32. The average Bonchev–Trinajstić information content (AvgIpc) is 3.28. The van der Waals surface area contributed by atoms with E-state index in [9.17, 15) is 9.59 Å². The minimum atomic E-state index is -0.517. The third kappa shape index (κ3) is 3.47. The van der Waals surface area contributed by atoms with Gasteiger partial charge in [0.15, 0.2) is 0 Å². The van der Waals surface area contributed by atoms with Crippen molar-refractivity contribution in [3.63, 3.8) is 0 Å². The summed E-state index contributed by atoms with van der Waals surface area (Å²) in [5.41, 5.74) is -0.517. The molecule has 0 aromatic carbocycles. The van der Waals surface area contributed by atoms with Gasteiger partial charge in [-0.25, -0.2) is 4.98 Å². The number of nitrogens with zero attached hydrogens (tertiary/aromatic N) is 5. The molecule has 3 fully saturated rings. The van der Waals surface area contributed by atoms with E-state index in [2.05, 4.69) is 15.0 Å². The van der Waals surface area contributed by atoms with Crippen LogP contribution in [0.25, 0.3) is 0 Å². The maximum absolute atomic E-state index is 13.1. The van der Waals surface area contributed by atoms with Crippen LogP contribution < -0.4 is 0 Å². The number of ether oxygens (including phenoxy) is 1. The van der Waals surface area contributed by atoms with Gasteiger partial charge in [-0.1, -0.05) is 6.42 Å². The molecule has 1 saturated carbocycles. The van der Waals surface area contributed by atoms with Crippen molar-refractivity contribution in [2.45, 2.75) is 50.7 Å². The predicted octanol–water partition coefficient (Wildman–Crippen LogP) is 0.688. The fraction of sp³-hybridized carbons (Fsp3) is 0.778. The molecule has 1 aromatic rings. The molecule has 1 spiro atoms. The highest BCUT2D eigenvalue weighted by Crippen LogP contribution is 2.44. The van der Waals surface area contributed by atoms with Crippen molar-refractivity contribution in [3.05, 3.63) is 12.7 Å². The summed E-state index contributed by atoms with van der Waals surface area (Å²) in [4.78, 5) is 33.3. The monoisotopic (exact) mass is 361 g/mol. The fourth-order valence-corrected chi connectivity index (χ4v) is 4.61. The van der Waals surface area contributed by atoms with Gasteiger partial charge in [-0.2, -0.15) is 5.10 Å². The summed E-state index contributed by atoms with van der Waals surface area (Å²) in [6, 6.07) is 0. The molecule has 0 N–H and O–H groups in total. The van der Waals surface area contributed by atoms with Gasteiger partial charge >= 0.3 is 5.97 Å². The largest absolute Gasteiger partial charge is 0.458 e. The molecule has 1 amide bonds. The highest BCUT2D eigenvalue weighted by Gasteiger charge is 2.53. The number of rotatable bonds is 4. The summed E-state index contributed by atoms with van der Waals surface area (Å²) < 4.78 is 7.53. The molecule has 142 valence electrons. The lowest BCUT2D eigenvalue weighted by molar-refractivity contribution is -0.156. The Kier molecular flexibility index (Phi) is 4.93. The van der Waals surface area contributed by atoms with Gasteiger partial charge in [0.2, 0.25) is 5.91 Å². The van der Waals surface area contributed by atoms with Gasteiger partial charge in [0.1, 0.15) is 18.3 Å². The summed E-state index contributed by atoms with van der Waals surface area (Å²) in [7, 11) is 0. The van der Waals surface area contributed by atoms with Gasteiger partial charge in [-0.15, -0.1) is 0 Å². The summed E-state index contributed by atoms with van der Waals surface area (Å²) in [5, 5.41) is 4.12. The number of aromatic nitrogens is 3. The molecule has 8 nitrogen and oxygen atoms in total. The van der Waals surface area contributed by atoms with E-state index in [-0.39, 0.29) is 24.2 Å². The quantitative estimate of drug-likeness (QED) is 0.734. The number of piperazine rings is 1. The second-order valence-corrected chi connectivity index (χ2v) is 7.68. The second-order valence-electron chi connectivity index (χ2n) is 7.68. The van der Waals surface area contributed by atoms with Crippen molar-refractivity contribution in [2.24, 2.45) is 5.92 Å². The van der Waals surface area contributed by atoms with E-state index in [1.54, 1.807) is 12.7 Å². The summed E-state index contributed by atoms with van der Waals surface area (Å²) >= 11 is 0. The van der Waals surface area contributed by atoms with Crippen molar-refractivity contribution in [2.75, 3.05) is 32.7 Å². The van der Waals surface area contributed by atoms with Crippen molar-refractivity contribution in [1.82, 2.24) is 24.6 Å². The first-order valence-corrected chi connectivity index (χ1v) is 9.72. The van der Waals surface area contributed by atoms with E-state index in [0.717, 1.165) is 65.0 Å². The minimum absolute atomic E-state index is 0.119. The maximum atomic E-state index is 13.1. The molecule has 1 aromatic heterocycles. The standard InChI is InChI=1S/C18H27N5O3/c24-16-12-15(18(26-16)4-2-1-3-5-18)17(25)22-9-6-21(7-10-22)8-11-23-14-19-13-20-23/h13-15H,1-12H2/t15-/m0/s1.